The van der Waals surface area contributed by atoms with Crippen molar-refractivity contribution >= 4 is 0 Å². The average Bonchev–Trinajstić information content (AvgIpc) is 2.98. The van der Waals surface area contributed by atoms with E-state index in [1.165, 1.54) is 24.0 Å². The average molecular weight is 285 g/mol. The van der Waals surface area contributed by atoms with Gasteiger partial charge in [-0.15, -0.1) is 0 Å². The van der Waals surface area contributed by atoms with Gasteiger partial charge in [0.1, 0.15) is 11.5 Å². The topological polar surface area (TPSA) is 45.4 Å². The van der Waals surface area contributed by atoms with Crippen molar-refractivity contribution in [3.05, 3.63) is 53.5 Å². The summed E-state index contributed by atoms with van der Waals surface area (Å²) in [5, 5.41) is 13.3. The van der Waals surface area contributed by atoms with Crippen molar-refractivity contribution in [3.63, 3.8) is 0 Å². The van der Waals surface area contributed by atoms with E-state index in [1.54, 1.807) is 12.3 Å². The molecule has 0 saturated carbocycles. The van der Waals surface area contributed by atoms with Crippen LogP contribution in [0.15, 0.2) is 41.0 Å². The molecule has 0 aliphatic heterocycles. The Bertz CT molecular complexity index is 577. The van der Waals surface area contributed by atoms with E-state index < -0.39 is 0 Å². The van der Waals surface area contributed by atoms with E-state index in [9.17, 15) is 5.11 Å². The molecule has 3 heteroatoms. The van der Waals surface area contributed by atoms with Crippen molar-refractivity contribution in [1.82, 2.24) is 5.32 Å². The zero-order valence-electron chi connectivity index (χ0n) is 12.5. The van der Waals surface area contributed by atoms with E-state index >= 15 is 0 Å². The number of phenolic OH excluding ortho intramolecular Hbond substituents is 1. The maximum Gasteiger partial charge on any atom is 0.115 e. The van der Waals surface area contributed by atoms with Gasteiger partial charge in [0, 0.05) is 18.5 Å². The minimum atomic E-state index is 0.375. The fraction of sp³-hybridized carbons (Fsp3) is 0.444. The van der Waals surface area contributed by atoms with Gasteiger partial charge in [0.05, 0.1) is 6.26 Å². The summed E-state index contributed by atoms with van der Waals surface area (Å²) < 4.78 is 5.39. The molecule has 0 spiro atoms. The van der Waals surface area contributed by atoms with E-state index in [-0.39, 0.29) is 0 Å². The molecule has 0 fully saturated rings. The Morgan fingerprint density at radius 1 is 1.38 bits per heavy atom. The van der Waals surface area contributed by atoms with Gasteiger partial charge in [-0.05, 0) is 68.0 Å². The van der Waals surface area contributed by atoms with Crippen LogP contribution in [0.5, 0.6) is 5.75 Å². The zero-order chi connectivity index (χ0) is 14.7. The monoisotopic (exact) mass is 285 g/mol. The number of benzene rings is 1. The van der Waals surface area contributed by atoms with E-state index in [1.807, 2.05) is 18.2 Å². The van der Waals surface area contributed by atoms with Gasteiger partial charge >= 0.3 is 0 Å². The third kappa shape index (κ3) is 3.48. The van der Waals surface area contributed by atoms with E-state index in [4.69, 9.17) is 4.42 Å². The third-order valence-corrected chi connectivity index (χ3v) is 4.33. The first-order valence-electron chi connectivity index (χ1n) is 7.82. The summed E-state index contributed by atoms with van der Waals surface area (Å²) in [6.07, 6.45) is 7.19. The minimum absolute atomic E-state index is 0.375. The molecule has 1 heterocycles. The van der Waals surface area contributed by atoms with Crippen LogP contribution in [0.1, 0.15) is 49.1 Å². The van der Waals surface area contributed by atoms with Crippen LogP contribution in [0.25, 0.3) is 0 Å². The first-order valence-corrected chi connectivity index (χ1v) is 7.82. The number of aryl methyl sites for hydroxylation is 2. The summed E-state index contributed by atoms with van der Waals surface area (Å²) >= 11 is 0. The Kier molecular flexibility index (Phi) is 4.30. The lowest BCUT2D eigenvalue weighted by molar-refractivity contribution is 0.384. The predicted octanol–water partition coefficient (Wildman–Crippen LogP) is 3.97. The third-order valence-electron chi connectivity index (χ3n) is 4.33. The molecule has 0 radical (unpaired) electrons. The second-order valence-corrected chi connectivity index (χ2v) is 6.01. The second kappa shape index (κ2) is 6.35. The molecule has 3 nitrogen and oxygen atoms in total. The Balaban J connectivity index is 1.60. The van der Waals surface area contributed by atoms with E-state index in [2.05, 4.69) is 18.3 Å². The Hall–Kier alpha value is -1.74. The fourth-order valence-corrected chi connectivity index (χ4v) is 3.21. The highest BCUT2D eigenvalue weighted by molar-refractivity contribution is 5.38. The lowest BCUT2D eigenvalue weighted by Crippen LogP contribution is -2.33. The van der Waals surface area contributed by atoms with Crippen LogP contribution in [-0.2, 0) is 12.8 Å². The smallest absolute Gasteiger partial charge is 0.115 e. The molecule has 2 aromatic rings. The van der Waals surface area contributed by atoms with Gasteiger partial charge in [-0.1, -0.05) is 6.07 Å². The normalized spacial score (nSPS) is 19.2. The second-order valence-electron chi connectivity index (χ2n) is 6.01. The summed E-state index contributed by atoms with van der Waals surface area (Å²) in [7, 11) is 0. The maximum atomic E-state index is 9.62. The lowest BCUT2D eigenvalue weighted by atomic mass is 9.87. The number of fused-ring (bicyclic) bond motifs is 1. The first-order chi connectivity index (χ1) is 10.2. The van der Waals surface area contributed by atoms with Crippen LogP contribution in [0, 0.1) is 0 Å². The van der Waals surface area contributed by atoms with Gasteiger partial charge in [-0.25, -0.2) is 0 Å². The van der Waals surface area contributed by atoms with Crippen molar-refractivity contribution in [2.45, 2.75) is 51.1 Å². The number of nitrogens with one attached hydrogen (secondary N) is 1. The molecule has 21 heavy (non-hydrogen) atoms. The fourth-order valence-electron chi connectivity index (χ4n) is 3.21. The van der Waals surface area contributed by atoms with Crippen molar-refractivity contribution in [2.75, 3.05) is 0 Å². The SMILES string of the molecule is CC(CCc1ccco1)NC1CCCc2cc(O)ccc21. The van der Waals surface area contributed by atoms with Crippen molar-refractivity contribution in [1.29, 1.82) is 0 Å². The number of hydrogen-bond donors (Lipinski definition) is 2. The number of aromatic hydroxyl groups is 1. The summed E-state index contributed by atoms with van der Waals surface area (Å²) in [6.45, 7) is 2.23. The highest BCUT2D eigenvalue weighted by Crippen LogP contribution is 2.32. The van der Waals surface area contributed by atoms with Crippen molar-refractivity contribution < 1.29 is 9.52 Å². The van der Waals surface area contributed by atoms with Crippen molar-refractivity contribution in [3.8, 4) is 5.75 Å². The zero-order valence-corrected chi connectivity index (χ0v) is 12.5. The molecule has 1 aromatic carbocycles. The number of rotatable bonds is 5. The summed E-state index contributed by atoms with van der Waals surface area (Å²) in [5.74, 6) is 1.43. The molecular weight excluding hydrogens is 262 g/mol. The first kappa shape index (κ1) is 14.2. The molecule has 0 amide bonds. The number of phenols is 1. The molecule has 1 aliphatic carbocycles. The van der Waals surface area contributed by atoms with Crippen LogP contribution in [0.2, 0.25) is 0 Å². The molecule has 2 N–H and O–H groups in total. The molecule has 0 saturated heterocycles. The lowest BCUT2D eigenvalue weighted by Gasteiger charge is -2.29. The molecule has 112 valence electrons. The van der Waals surface area contributed by atoms with Crippen LogP contribution in [-0.4, -0.2) is 11.1 Å². The molecule has 2 unspecified atom stereocenters. The Labute approximate surface area is 126 Å². The van der Waals surface area contributed by atoms with Gasteiger partial charge in [0.15, 0.2) is 0 Å². The number of hydrogen-bond acceptors (Lipinski definition) is 3. The van der Waals surface area contributed by atoms with Crippen molar-refractivity contribution in [2.24, 2.45) is 0 Å². The highest BCUT2D eigenvalue weighted by Gasteiger charge is 2.21. The Morgan fingerprint density at radius 3 is 3.10 bits per heavy atom. The number of furan rings is 1. The van der Waals surface area contributed by atoms with Gasteiger partial charge in [0.25, 0.3) is 0 Å². The van der Waals surface area contributed by atoms with Crippen LogP contribution in [0.4, 0.5) is 0 Å². The van der Waals surface area contributed by atoms with Gasteiger partial charge in [0.2, 0.25) is 0 Å². The largest absolute Gasteiger partial charge is 0.508 e. The van der Waals surface area contributed by atoms with Gasteiger partial charge in [-0.2, -0.15) is 0 Å². The highest BCUT2D eigenvalue weighted by atomic mass is 16.3. The standard InChI is InChI=1S/C18H23NO2/c1-13(7-9-16-5-3-11-21-16)19-18-6-2-4-14-12-15(20)8-10-17(14)18/h3,5,8,10-13,18-20H,2,4,6-7,9H2,1H3. The molecule has 1 aliphatic rings. The van der Waals surface area contributed by atoms with Gasteiger partial charge < -0.3 is 14.8 Å². The molecule has 0 bridgehead atoms. The van der Waals surface area contributed by atoms with Gasteiger partial charge in [-0.3, -0.25) is 0 Å². The van der Waals surface area contributed by atoms with Crippen LogP contribution in [0.3, 0.4) is 0 Å². The Morgan fingerprint density at radius 2 is 2.29 bits per heavy atom. The summed E-state index contributed by atoms with van der Waals surface area (Å²) in [4.78, 5) is 0. The van der Waals surface area contributed by atoms with Crippen LogP contribution < -0.4 is 5.32 Å². The molecular formula is C18H23NO2. The predicted molar refractivity (Wildman–Crippen MR) is 83.4 cm³/mol. The summed E-state index contributed by atoms with van der Waals surface area (Å²) in [5.41, 5.74) is 2.64. The molecule has 1 aromatic heterocycles. The van der Waals surface area contributed by atoms with E-state index in [0.29, 0.717) is 17.8 Å². The maximum absolute atomic E-state index is 9.62. The minimum Gasteiger partial charge on any atom is -0.508 e. The van der Waals surface area contributed by atoms with E-state index in [0.717, 1.165) is 25.0 Å². The van der Waals surface area contributed by atoms with Crippen LogP contribution >= 0.6 is 0 Å². The summed E-state index contributed by atoms with van der Waals surface area (Å²) in [6, 6.07) is 10.6. The quantitative estimate of drug-likeness (QED) is 0.873. The molecule has 3 rings (SSSR count). The molecule has 2 atom stereocenters.